The van der Waals surface area contributed by atoms with Crippen molar-refractivity contribution in [1.29, 1.82) is 0 Å². The van der Waals surface area contributed by atoms with Crippen molar-refractivity contribution in [2.45, 2.75) is 44.6 Å². The zero-order valence-corrected chi connectivity index (χ0v) is 8.74. The van der Waals surface area contributed by atoms with E-state index in [1.807, 2.05) is 4.90 Å². The van der Waals surface area contributed by atoms with Crippen LogP contribution < -0.4 is 5.73 Å². The molecule has 14 heavy (non-hydrogen) atoms. The van der Waals surface area contributed by atoms with Crippen molar-refractivity contribution < 1.29 is 4.79 Å². The minimum Gasteiger partial charge on any atom is -0.341 e. The van der Waals surface area contributed by atoms with Crippen molar-refractivity contribution in [1.82, 2.24) is 4.90 Å². The first-order valence-electron chi connectivity index (χ1n) is 5.82. The van der Waals surface area contributed by atoms with Gasteiger partial charge in [-0.1, -0.05) is 12.8 Å². The molecule has 0 aromatic rings. The zero-order chi connectivity index (χ0) is 9.97. The molecule has 1 amide bonds. The third kappa shape index (κ3) is 2.47. The number of hydrogen-bond acceptors (Lipinski definition) is 2. The number of likely N-dealkylation sites (tertiary alicyclic amines) is 1. The highest BCUT2D eigenvalue weighted by molar-refractivity contribution is 5.82. The van der Waals surface area contributed by atoms with Crippen LogP contribution >= 0.6 is 0 Å². The minimum absolute atomic E-state index is 0.173. The molecule has 1 saturated carbocycles. The second-order valence-corrected chi connectivity index (χ2v) is 4.66. The van der Waals surface area contributed by atoms with Crippen LogP contribution in [0.3, 0.4) is 0 Å². The highest BCUT2D eigenvalue weighted by Gasteiger charge is 2.26. The molecule has 0 spiro atoms. The van der Waals surface area contributed by atoms with Gasteiger partial charge in [0.15, 0.2) is 0 Å². The van der Waals surface area contributed by atoms with E-state index >= 15 is 0 Å². The molecule has 80 valence electrons. The van der Waals surface area contributed by atoms with E-state index in [0.29, 0.717) is 0 Å². The lowest BCUT2D eigenvalue weighted by atomic mass is 10.1. The molecule has 2 aliphatic rings. The van der Waals surface area contributed by atoms with Gasteiger partial charge >= 0.3 is 0 Å². The van der Waals surface area contributed by atoms with E-state index in [0.717, 1.165) is 31.8 Å². The van der Waals surface area contributed by atoms with Gasteiger partial charge in [0.1, 0.15) is 0 Å². The van der Waals surface area contributed by atoms with Gasteiger partial charge in [-0.3, -0.25) is 4.79 Å². The van der Waals surface area contributed by atoms with Crippen LogP contribution in [0.25, 0.3) is 0 Å². The monoisotopic (exact) mass is 196 g/mol. The SMILES string of the molecule is NC1CCCN(CCCC2CC2)C1=O. The maximum absolute atomic E-state index is 11.6. The zero-order valence-electron chi connectivity index (χ0n) is 8.74. The summed E-state index contributed by atoms with van der Waals surface area (Å²) < 4.78 is 0. The molecule has 2 N–H and O–H groups in total. The lowest BCUT2D eigenvalue weighted by Crippen LogP contribution is -2.48. The number of nitrogens with zero attached hydrogens (tertiary/aromatic N) is 1. The Morgan fingerprint density at radius 2 is 2.14 bits per heavy atom. The number of nitrogens with two attached hydrogens (primary N) is 1. The largest absolute Gasteiger partial charge is 0.341 e. The quantitative estimate of drug-likeness (QED) is 0.732. The first-order valence-corrected chi connectivity index (χ1v) is 5.82. The van der Waals surface area contributed by atoms with Crippen molar-refractivity contribution >= 4 is 5.91 Å². The highest BCUT2D eigenvalue weighted by atomic mass is 16.2. The topological polar surface area (TPSA) is 46.3 Å². The predicted octanol–water partition coefficient (Wildman–Crippen LogP) is 1.13. The predicted molar refractivity (Wildman–Crippen MR) is 55.7 cm³/mol. The number of amides is 1. The van der Waals surface area contributed by atoms with Crippen LogP contribution in [-0.4, -0.2) is 29.9 Å². The number of rotatable bonds is 4. The van der Waals surface area contributed by atoms with E-state index in [1.54, 1.807) is 0 Å². The maximum Gasteiger partial charge on any atom is 0.239 e. The summed E-state index contributed by atoms with van der Waals surface area (Å²) in [6, 6.07) is -0.218. The first kappa shape index (κ1) is 9.97. The van der Waals surface area contributed by atoms with Crippen LogP contribution in [0.5, 0.6) is 0 Å². The van der Waals surface area contributed by atoms with E-state index in [2.05, 4.69) is 0 Å². The summed E-state index contributed by atoms with van der Waals surface area (Å²) in [5, 5.41) is 0. The summed E-state index contributed by atoms with van der Waals surface area (Å²) in [6.07, 6.45) is 7.25. The second-order valence-electron chi connectivity index (χ2n) is 4.66. The van der Waals surface area contributed by atoms with Gasteiger partial charge in [-0.2, -0.15) is 0 Å². The van der Waals surface area contributed by atoms with Crippen LogP contribution in [0.2, 0.25) is 0 Å². The molecule has 0 bridgehead atoms. The normalized spacial score (nSPS) is 28.2. The van der Waals surface area contributed by atoms with Crippen molar-refractivity contribution in [3.8, 4) is 0 Å². The van der Waals surface area contributed by atoms with Crippen LogP contribution in [0.1, 0.15) is 38.5 Å². The van der Waals surface area contributed by atoms with E-state index in [9.17, 15) is 4.79 Å². The molecule has 3 nitrogen and oxygen atoms in total. The Morgan fingerprint density at radius 3 is 2.86 bits per heavy atom. The highest BCUT2D eigenvalue weighted by Crippen LogP contribution is 2.33. The summed E-state index contributed by atoms with van der Waals surface area (Å²) in [4.78, 5) is 13.6. The Kier molecular flexibility index (Phi) is 3.06. The first-order chi connectivity index (χ1) is 6.77. The Bertz CT molecular complexity index is 213. The smallest absolute Gasteiger partial charge is 0.239 e. The second kappa shape index (κ2) is 4.30. The molecule has 0 radical (unpaired) electrons. The average molecular weight is 196 g/mol. The summed E-state index contributed by atoms with van der Waals surface area (Å²) in [5.74, 6) is 1.15. The third-order valence-electron chi connectivity index (χ3n) is 3.31. The van der Waals surface area contributed by atoms with Crippen LogP contribution in [0.4, 0.5) is 0 Å². The molecule has 2 fully saturated rings. The van der Waals surface area contributed by atoms with E-state index < -0.39 is 0 Å². The molecule has 1 heterocycles. The van der Waals surface area contributed by atoms with Gasteiger partial charge in [0.05, 0.1) is 6.04 Å². The Morgan fingerprint density at radius 1 is 1.36 bits per heavy atom. The number of piperidine rings is 1. The van der Waals surface area contributed by atoms with Gasteiger partial charge in [0, 0.05) is 13.1 Å². The molecule has 2 rings (SSSR count). The van der Waals surface area contributed by atoms with E-state index in [-0.39, 0.29) is 11.9 Å². The molecule has 1 saturated heterocycles. The fourth-order valence-electron chi connectivity index (χ4n) is 2.17. The van der Waals surface area contributed by atoms with E-state index in [1.165, 1.54) is 25.7 Å². The Balaban J connectivity index is 1.69. The molecular formula is C11H20N2O. The number of carbonyl (C=O) groups excluding carboxylic acids is 1. The van der Waals surface area contributed by atoms with Gasteiger partial charge < -0.3 is 10.6 Å². The lowest BCUT2D eigenvalue weighted by molar-refractivity contribution is -0.134. The van der Waals surface area contributed by atoms with Gasteiger partial charge in [0.2, 0.25) is 5.91 Å². The summed E-state index contributed by atoms with van der Waals surface area (Å²) in [5.41, 5.74) is 5.72. The fraction of sp³-hybridized carbons (Fsp3) is 0.909. The third-order valence-corrected chi connectivity index (χ3v) is 3.31. The molecule has 0 aromatic heterocycles. The van der Waals surface area contributed by atoms with Gasteiger partial charge in [-0.05, 0) is 31.6 Å². The molecule has 0 aromatic carbocycles. The number of carbonyl (C=O) groups is 1. The van der Waals surface area contributed by atoms with Gasteiger partial charge in [-0.15, -0.1) is 0 Å². The van der Waals surface area contributed by atoms with Crippen molar-refractivity contribution in [2.75, 3.05) is 13.1 Å². The van der Waals surface area contributed by atoms with Crippen LogP contribution in [0, 0.1) is 5.92 Å². The van der Waals surface area contributed by atoms with Crippen molar-refractivity contribution in [2.24, 2.45) is 11.7 Å². The van der Waals surface area contributed by atoms with Crippen molar-refractivity contribution in [3.63, 3.8) is 0 Å². The Labute approximate surface area is 85.6 Å². The van der Waals surface area contributed by atoms with E-state index in [4.69, 9.17) is 5.73 Å². The van der Waals surface area contributed by atoms with Crippen LogP contribution in [-0.2, 0) is 4.79 Å². The molecule has 1 atom stereocenters. The Hall–Kier alpha value is -0.570. The lowest BCUT2D eigenvalue weighted by Gasteiger charge is -2.30. The molecule has 1 aliphatic carbocycles. The molecule has 1 unspecified atom stereocenters. The maximum atomic E-state index is 11.6. The fourth-order valence-corrected chi connectivity index (χ4v) is 2.17. The average Bonchev–Trinajstić information content (AvgIpc) is 2.96. The van der Waals surface area contributed by atoms with Gasteiger partial charge in [0.25, 0.3) is 0 Å². The minimum atomic E-state index is -0.218. The molecular weight excluding hydrogens is 176 g/mol. The molecule has 3 heteroatoms. The summed E-state index contributed by atoms with van der Waals surface area (Å²) in [7, 11) is 0. The van der Waals surface area contributed by atoms with Gasteiger partial charge in [-0.25, -0.2) is 0 Å². The van der Waals surface area contributed by atoms with Crippen LogP contribution in [0.15, 0.2) is 0 Å². The summed E-state index contributed by atoms with van der Waals surface area (Å²) in [6.45, 7) is 1.86. The van der Waals surface area contributed by atoms with Crippen molar-refractivity contribution in [3.05, 3.63) is 0 Å². The standard InChI is InChI=1S/C11H20N2O/c12-10-4-2-8-13(11(10)14)7-1-3-9-5-6-9/h9-10H,1-8,12H2. The number of hydrogen-bond donors (Lipinski definition) is 1. The molecule has 1 aliphatic heterocycles. The summed E-state index contributed by atoms with van der Waals surface area (Å²) >= 11 is 0.